The maximum Gasteiger partial charge on any atom is 0.220 e. The summed E-state index contributed by atoms with van der Waals surface area (Å²) >= 11 is 0. The van der Waals surface area contributed by atoms with Crippen LogP contribution in [-0.4, -0.2) is 29.9 Å². The summed E-state index contributed by atoms with van der Waals surface area (Å²) in [5.74, 6) is 0.966. The molecule has 2 aromatic rings. The maximum atomic E-state index is 12.2. The van der Waals surface area contributed by atoms with E-state index >= 15 is 0 Å². The first-order chi connectivity index (χ1) is 11.7. The van der Waals surface area contributed by atoms with Gasteiger partial charge in [0, 0.05) is 37.3 Å². The highest BCUT2D eigenvalue weighted by atomic mass is 16.6. The molecule has 6 heteroatoms. The van der Waals surface area contributed by atoms with Gasteiger partial charge in [-0.3, -0.25) is 14.6 Å². The fourth-order valence-corrected chi connectivity index (χ4v) is 2.38. The first kappa shape index (κ1) is 16.0. The van der Waals surface area contributed by atoms with E-state index in [1.807, 2.05) is 12.1 Å². The lowest BCUT2D eigenvalue weighted by Crippen LogP contribution is -2.23. The summed E-state index contributed by atoms with van der Waals surface area (Å²) in [6.07, 6.45) is 3.67. The van der Waals surface area contributed by atoms with Gasteiger partial charge in [0.1, 0.15) is 13.2 Å². The van der Waals surface area contributed by atoms with Crippen LogP contribution in [-0.2, 0) is 11.3 Å². The van der Waals surface area contributed by atoms with Crippen LogP contribution in [0.25, 0.3) is 0 Å². The summed E-state index contributed by atoms with van der Waals surface area (Å²) in [4.78, 5) is 28.1. The molecule has 0 radical (unpaired) electrons. The number of hydrogen-bond acceptors (Lipinski definition) is 5. The summed E-state index contributed by atoms with van der Waals surface area (Å²) in [7, 11) is 0. The van der Waals surface area contributed by atoms with Crippen molar-refractivity contribution in [2.24, 2.45) is 0 Å². The van der Waals surface area contributed by atoms with Crippen molar-refractivity contribution >= 4 is 11.7 Å². The van der Waals surface area contributed by atoms with E-state index in [1.54, 1.807) is 30.6 Å². The second-order valence-corrected chi connectivity index (χ2v) is 5.42. The van der Waals surface area contributed by atoms with E-state index in [2.05, 4.69) is 10.3 Å². The van der Waals surface area contributed by atoms with E-state index in [0.29, 0.717) is 36.8 Å². The Morgan fingerprint density at radius 1 is 1.08 bits per heavy atom. The molecule has 1 aliphatic heterocycles. The molecule has 0 bridgehead atoms. The number of aromatic nitrogens is 1. The predicted octanol–water partition coefficient (Wildman–Crippen LogP) is 2.13. The Kier molecular flexibility index (Phi) is 5.05. The average molecular weight is 326 g/mol. The Bertz CT molecular complexity index is 731. The fourth-order valence-electron chi connectivity index (χ4n) is 2.38. The van der Waals surface area contributed by atoms with Crippen LogP contribution >= 0.6 is 0 Å². The lowest BCUT2D eigenvalue weighted by molar-refractivity contribution is -0.121. The number of nitrogens with one attached hydrogen (secondary N) is 1. The fraction of sp³-hybridized carbons (Fsp3) is 0.278. The quantitative estimate of drug-likeness (QED) is 0.823. The molecule has 0 fully saturated rings. The van der Waals surface area contributed by atoms with Gasteiger partial charge in [-0.1, -0.05) is 6.07 Å². The summed E-state index contributed by atoms with van der Waals surface area (Å²) in [5.41, 5.74) is 1.45. The number of rotatable bonds is 6. The number of fused-ring (bicyclic) bond motifs is 1. The number of hydrogen-bond donors (Lipinski definition) is 1. The van der Waals surface area contributed by atoms with Gasteiger partial charge in [0.2, 0.25) is 5.91 Å². The molecule has 1 aliphatic rings. The number of carbonyl (C=O) groups excluding carboxylic acids is 2. The summed E-state index contributed by atoms with van der Waals surface area (Å²) < 4.78 is 10.9. The highest BCUT2D eigenvalue weighted by Gasteiger charge is 2.15. The lowest BCUT2D eigenvalue weighted by Gasteiger charge is -2.18. The van der Waals surface area contributed by atoms with E-state index in [0.717, 1.165) is 5.56 Å². The number of benzene rings is 1. The number of nitrogens with zero attached hydrogens (tertiary/aromatic N) is 1. The molecule has 0 aliphatic carbocycles. The van der Waals surface area contributed by atoms with E-state index in [4.69, 9.17) is 9.47 Å². The lowest BCUT2D eigenvalue weighted by atomic mass is 10.1. The highest BCUT2D eigenvalue weighted by Crippen LogP contribution is 2.31. The van der Waals surface area contributed by atoms with E-state index in [1.165, 1.54) is 0 Å². The van der Waals surface area contributed by atoms with Gasteiger partial charge in [-0.15, -0.1) is 0 Å². The molecule has 0 spiro atoms. The molecule has 2 heterocycles. The molecule has 1 aromatic carbocycles. The van der Waals surface area contributed by atoms with Crippen molar-refractivity contribution in [3.8, 4) is 11.5 Å². The van der Waals surface area contributed by atoms with Crippen LogP contribution in [0, 0.1) is 0 Å². The van der Waals surface area contributed by atoms with Crippen LogP contribution < -0.4 is 14.8 Å². The van der Waals surface area contributed by atoms with Crippen LogP contribution in [0.15, 0.2) is 42.7 Å². The van der Waals surface area contributed by atoms with Gasteiger partial charge in [0.05, 0.1) is 0 Å². The van der Waals surface area contributed by atoms with Gasteiger partial charge in [-0.2, -0.15) is 0 Å². The van der Waals surface area contributed by atoms with Gasteiger partial charge < -0.3 is 14.8 Å². The molecule has 6 nitrogen and oxygen atoms in total. The second kappa shape index (κ2) is 7.59. The summed E-state index contributed by atoms with van der Waals surface area (Å²) in [5, 5.41) is 2.78. The zero-order valence-corrected chi connectivity index (χ0v) is 13.2. The Labute approximate surface area is 139 Å². The summed E-state index contributed by atoms with van der Waals surface area (Å²) in [6, 6.07) is 8.79. The largest absolute Gasteiger partial charge is 0.486 e. The second-order valence-electron chi connectivity index (χ2n) is 5.42. The number of amides is 1. The van der Waals surface area contributed by atoms with Crippen molar-refractivity contribution in [2.75, 3.05) is 13.2 Å². The van der Waals surface area contributed by atoms with Crippen LogP contribution in [0.1, 0.15) is 28.8 Å². The van der Waals surface area contributed by atoms with E-state index in [9.17, 15) is 9.59 Å². The molecule has 3 rings (SSSR count). The van der Waals surface area contributed by atoms with Crippen LogP contribution in [0.2, 0.25) is 0 Å². The van der Waals surface area contributed by atoms with Crippen LogP contribution in [0.5, 0.6) is 11.5 Å². The Morgan fingerprint density at radius 3 is 2.71 bits per heavy atom. The maximum absolute atomic E-state index is 12.2. The van der Waals surface area contributed by atoms with Gasteiger partial charge in [-0.05, 0) is 29.8 Å². The molecule has 1 amide bonds. The van der Waals surface area contributed by atoms with Crippen molar-refractivity contribution in [3.05, 3.63) is 53.9 Å². The van der Waals surface area contributed by atoms with Crippen molar-refractivity contribution in [1.82, 2.24) is 10.3 Å². The predicted molar refractivity (Wildman–Crippen MR) is 87.1 cm³/mol. The van der Waals surface area contributed by atoms with E-state index in [-0.39, 0.29) is 24.5 Å². The molecular formula is C18H18N2O4. The van der Waals surface area contributed by atoms with Gasteiger partial charge in [-0.25, -0.2) is 0 Å². The monoisotopic (exact) mass is 326 g/mol. The van der Waals surface area contributed by atoms with Crippen molar-refractivity contribution in [1.29, 1.82) is 0 Å². The van der Waals surface area contributed by atoms with Gasteiger partial charge in [0.15, 0.2) is 17.3 Å². The topological polar surface area (TPSA) is 77.5 Å². The number of ether oxygens (including phenoxy) is 2. The summed E-state index contributed by atoms with van der Waals surface area (Å²) in [6.45, 7) is 1.39. The zero-order chi connectivity index (χ0) is 16.8. The molecule has 1 N–H and O–H groups in total. The number of ketones is 1. The molecule has 1 aromatic heterocycles. The molecular weight excluding hydrogens is 308 g/mol. The normalized spacial score (nSPS) is 12.5. The molecule has 124 valence electrons. The highest BCUT2D eigenvalue weighted by molar-refractivity contribution is 5.98. The third-order valence-corrected chi connectivity index (χ3v) is 3.66. The first-order valence-electron chi connectivity index (χ1n) is 7.81. The smallest absolute Gasteiger partial charge is 0.220 e. The molecule has 0 saturated heterocycles. The Balaban J connectivity index is 1.49. The zero-order valence-electron chi connectivity index (χ0n) is 13.2. The Morgan fingerprint density at radius 2 is 1.92 bits per heavy atom. The van der Waals surface area contributed by atoms with Gasteiger partial charge in [0.25, 0.3) is 0 Å². The van der Waals surface area contributed by atoms with Gasteiger partial charge >= 0.3 is 0 Å². The van der Waals surface area contributed by atoms with Crippen LogP contribution in [0.4, 0.5) is 0 Å². The number of Topliss-reactive ketones (excluding diaryl/α,β-unsaturated/α-hetero) is 1. The molecule has 0 unspecified atom stereocenters. The SMILES string of the molecule is O=C(CCC(=O)c1ccc2c(c1)OCCO2)NCc1cccnc1. The molecule has 0 saturated carbocycles. The minimum atomic E-state index is -0.162. The van der Waals surface area contributed by atoms with Crippen molar-refractivity contribution in [3.63, 3.8) is 0 Å². The Hall–Kier alpha value is -2.89. The number of pyridine rings is 1. The third kappa shape index (κ3) is 4.10. The minimum Gasteiger partial charge on any atom is -0.486 e. The number of carbonyl (C=O) groups is 2. The van der Waals surface area contributed by atoms with Crippen LogP contribution in [0.3, 0.4) is 0 Å². The van der Waals surface area contributed by atoms with Crippen molar-refractivity contribution < 1.29 is 19.1 Å². The average Bonchev–Trinajstić information content (AvgIpc) is 2.65. The molecule has 24 heavy (non-hydrogen) atoms. The molecule has 0 atom stereocenters. The standard InChI is InChI=1S/C18H18N2O4/c21-15(14-3-5-16-17(10-14)24-9-8-23-16)4-6-18(22)20-12-13-2-1-7-19-11-13/h1-3,5,7,10-11H,4,6,8-9,12H2,(H,20,22). The van der Waals surface area contributed by atoms with Crippen molar-refractivity contribution in [2.45, 2.75) is 19.4 Å². The van der Waals surface area contributed by atoms with E-state index < -0.39 is 0 Å². The third-order valence-electron chi connectivity index (χ3n) is 3.66. The minimum absolute atomic E-state index is 0.0940. The first-order valence-corrected chi connectivity index (χ1v) is 7.81.